The highest BCUT2D eigenvalue weighted by atomic mass is 32.1. The molecule has 4 fully saturated rings. The molecule has 3 atom stereocenters. The summed E-state index contributed by atoms with van der Waals surface area (Å²) in [6, 6.07) is 31.7. The van der Waals surface area contributed by atoms with E-state index in [0.29, 0.717) is 59.4 Å². The average molecular weight is 1600 g/mol. The van der Waals surface area contributed by atoms with Gasteiger partial charge in [-0.25, -0.2) is 51.9 Å². The van der Waals surface area contributed by atoms with Gasteiger partial charge in [0.25, 0.3) is 0 Å². The maximum Gasteiger partial charge on any atom is 0.411 e. The number of rotatable bonds is 7. The summed E-state index contributed by atoms with van der Waals surface area (Å²) >= 11 is 5.57. The van der Waals surface area contributed by atoms with Gasteiger partial charge in [-0.2, -0.15) is 54.0 Å². The molecule has 7 heterocycles. The molecular formula is C73H77F4N11O10S8. The van der Waals surface area contributed by atoms with Crippen LogP contribution in [0.1, 0.15) is 87.0 Å². The molecule has 0 unspecified atom stereocenters. The maximum absolute atomic E-state index is 13.4. The van der Waals surface area contributed by atoms with Gasteiger partial charge in [-0.1, -0.05) is 76.0 Å². The third kappa shape index (κ3) is 19.1. The Hall–Kier alpha value is -8.83. The van der Waals surface area contributed by atoms with Crippen molar-refractivity contribution in [1.29, 1.82) is 0 Å². The number of nitrogens with zero attached hydrogens (tertiary/aromatic N) is 7. The van der Waals surface area contributed by atoms with Gasteiger partial charge in [0.15, 0.2) is 20.5 Å². The molecule has 1 saturated carbocycles. The monoisotopic (exact) mass is 1600 g/mol. The van der Waals surface area contributed by atoms with Crippen molar-refractivity contribution in [3.05, 3.63) is 145 Å². The van der Waals surface area contributed by atoms with Crippen LogP contribution in [-0.2, 0) is 33.4 Å². The summed E-state index contributed by atoms with van der Waals surface area (Å²) in [4.78, 5) is 104. The molecule has 0 radical (unpaired) electrons. The van der Waals surface area contributed by atoms with Gasteiger partial charge >= 0.3 is 18.2 Å². The predicted molar refractivity (Wildman–Crippen MR) is 434 cm³/mol. The number of nitrogens with two attached hydrogens (primary N) is 1. The van der Waals surface area contributed by atoms with Crippen LogP contribution in [0.15, 0.2) is 121 Å². The highest BCUT2D eigenvalue weighted by Crippen LogP contribution is 2.39. The van der Waals surface area contributed by atoms with Crippen LogP contribution < -0.4 is 21.7 Å². The van der Waals surface area contributed by atoms with Gasteiger partial charge in [0.05, 0.1) is 40.9 Å². The Morgan fingerprint density at radius 3 is 1.05 bits per heavy atom. The van der Waals surface area contributed by atoms with Crippen LogP contribution in [0.4, 0.5) is 47.7 Å². The molecule has 560 valence electrons. The number of carboxylic acid groups (broad SMARTS) is 1. The minimum absolute atomic E-state index is 0. The summed E-state index contributed by atoms with van der Waals surface area (Å²) in [5.74, 6) is -2.41. The van der Waals surface area contributed by atoms with Crippen molar-refractivity contribution in [3.63, 3.8) is 0 Å². The predicted octanol–water partition coefficient (Wildman–Crippen LogP) is 16.7. The van der Waals surface area contributed by atoms with Crippen molar-refractivity contribution in [2.75, 3.05) is 41.3 Å². The molecular weight excluding hydrogens is 1520 g/mol. The molecule has 21 nitrogen and oxygen atoms in total. The summed E-state index contributed by atoms with van der Waals surface area (Å²) < 4.78 is 67.2. The molecule has 3 saturated heterocycles. The number of carbonyl (C=O) groups is 7. The van der Waals surface area contributed by atoms with Crippen molar-refractivity contribution in [3.8, 4) is 0 Å². The second kappa shape index (κ2) is 34.4. The minimum atomic E-state index is -0.970. The molecule has 12 aromatic rings. The second-order valence-corrected chi connectivity index (χ2v) is 30.7. The van der Waals surface area contributed by atoms with Crippen molar-refractivity contribution < 1.29 is 65.7 Å². The molecule has 16 rings (SSSR count). The molecule has 4 aromatic heterocycles. The molecule has 3 aliphatic heterocycles. The number of likely N-dealkylation sites (tertiary alicyclic amines) is 3. The van der Waals surface area contributed by atoms with Crippen LogP contribution in [0, 0.1) is 29.2 Å². The molecule has 6 N–H and O–H groups in total. The number of anilines is 4. The summed E-state index contributed by atoms with van der Waals surface area (Å²) in [5.41, 5.74) is 7.66. The first-order valence-corrected chi connectivity index (χ1v) is 35.9. The van der Waals surface area contributed by atoms with Crippen LogP contribution in [0.2, 0.25) is 0 Å². The number of hydrogen-bond acceptors (Lipinski definition) is 18. The van der Waals surface area contributed by atoms with Gasteiger partial charge < -0.3 is 41.2 Å². The number of nitrogens with one attached hydrogen (secondary N) is 3. The van der Waals surface area contributed by atoms with E-state index in [1.54, 1.807) is 76.8 Å². The van der Waals surface area contributed by atoms with Crippen LogP contribution in [0.25, 0.3) is 84.0 Å². The first-order valence-electron chi connectivity index (χ1n) is 32.6. The number of carboxylic acids is 1. The second-order valence-electron chi connectivity index (χ2n) is 26.6. The number of carbonyl (C=O) groups excluding carboxylic acids is 6. The number of fused-ring (bicyclic) bond motifs is 12. The lowest BCUT2D eigenvalue weighted by molar-refractivity contribution is -0.147. The quantitative estimate of drug-likeness (QED) is 0.0928. The summed E-state index contributed by atoms with van der Waals surface area (Å²) in [7, 11) is 0. The number of thiazole rings is 4. The Morgan fingerprint density at radius 2 is 0.755 bits per heavy atom. The fourth-order valence-corrected chi connectivity index (χ4v) is 15.5. The highest BCUT2D eigenvalue weighted by Gasteiger charge is 2.42. The van der Waals surface area contributed by atoms with Gasteiger partial charge in [-0.15, -0.1) is 0 Å². The fraction of sp³-hybridized carbons (Fsp3) is 0.301. The molecule has 8 aromatic carbocycles. The molecule has 33 heteroatoms. The first kappa shape index (κ1) is 82.8. The molecule has 0 spiro atoms. The number of benzene rings is 8. The Labute approximate surface area is 649 Å². The fourth-order valence-electron chi connectivity index (χ4n) is 11.6. The summed E-state index contributed by atoms with van der Waals surface area (Å²) in [5, 5.41) is 26.4. The number of aliphatic carboxylic acids is 1. The zero-order valence-electron chi connectivity index (χ0n) is 58.2. The van der Waals surface area contributed by atoms with Gasteiger partial charge in [-0.05, 0) is 192 Å². The van der Waals surface area contributed by atoms with Crippen molar-refractivity contribution in [2.24, 2.45) is 5.92 Å². The maximum atomic E-state index is 13.4. The number of halogens is 4. The number of hydrogen-bond donors (Lipinski definition) is 5. The Morgan fingerprint density at radius 1 is 0.443 bits per heavy atom. The van der Waals surface area contributed by atoms with Crippen molar-refractivity contribution in [2.45, 2.75) is 116 Å². The van der Waals surface area contributed by atoms with Crippen LogP contribution >= 0.6 is 99.3 Å². The Balaban J connectivity index is 0.000000169. The Bertz CT molecular complexity index is 5320. The molecule has 1 aliphatic carbocycles. The molecule has 0 bridgehead atoms. The van der Waals surface area contributed by atoms with E-state index in [9.17, 15) is 51.1 Å². The zero-order valence-corrected chi connectivity index (χ0v) is 65.5. The molecule has 6 amide bonds. The van der Waals surface area contributed by atoms with E-state index in [4.69, 9.17) is 20.3 Å². The van der Waals surface area contributed by atoms with E-state index in [1.165, 1.54) is 111 Å². The summed E-state index contributed by atoms with van der Waals surface area (Å²) in [6.45, 7) is 13.6. The highest BCUT2D eigenvalue weighted by molar-refractivity contribution is 7.59. The number of amides is 6. The summed E-state index contributed by atoms with van der Waals surface area (Å²) in [6.07, 6.45) is 3.80. The van der Waals surface area contributed by atoms with E-state index in [2.05, 4.69) is 35.9 Å². The van der Waals surface area contributed by atoms with Gasteiger partial charge in [0.2, 0.25) is 23.6 Å². The van der Waals surface area contributed by atoms with Crippen LogP contribution in [0.5, 0.6) is 0 Å². The zero-order chi connectivity index (χ0) is 72.6. The van der Waals surface area contributed by atoms with Crippen LogP contribution in [-0.4, -0.2) is 130 Å². The largest absolute Gasteiger partial charge is 0.480 e. The van der Waals surface area contributed by atoms with Gasteiger partial charge in [0.1, 0.15) is 52.6 Å². The lowest BCUT2D eigenvalue weighted by Crippen LogP contribution is -2.57. The lowest BCUT2D eigenvalue weighted by atomic mass is 9.85. The van der Waals surface area contributed by atoms with Crippen molar-refractivity contribution >= 4 is 246 Å². The normalized spacial score (nSPS) is 15.8. The van der Waals surface area contributed by atoms with E-state index >= 15 is 0 Å². The molecule has 4 aliphatic rings. The van der Waals surface area contributed by atoms with Gasteiger partial charge in [0, 0.05) is 54.0 Å². The molecule has 106 heavy (non-hydrogen) atoms. The Kier molecular flexibility index (Phi) is 26.9. The van der Waals surface area contributed by atoms with E-state index in [0.717, 1.165) is 103 Å². The van der Waals surface area contributed by atoms with E-state index in [1.807, 2.05) is 42.5 Å². The first-order chi connectivity index (χ1) is 48.5. The van der Waals surface area contributed by atoms with Crippen LogP contribution in [0.3, 0.4) is 0 Å². The number of aromatic nitrogens is 4. The third-order valence-electron chi connectivity index (χ3n) is 17.1. The average Bonchev–Trinajstić information content (AvgIpc) is 1.11. The third-order valence-corrected chi connectivity index (χ3v) is 21.1. The number of ether oxygens (including phenoxy) is 2. The van der Waals surface area contributed by atoms with E-state index < -0.39 is 47.5 Å². The topological polar surface area (TPSA) is 282 Å². The van der Waals surface area contributed by atoms with E-state index in [-0.39, 0.29) is 107 Å². The van der Waals surface area contributed by atoms with Crippen molar-refractivity contribution in [1.82, 2.24) is 34.6 Å². The smallest absolute Gasteiger partial charge is 0.411 e. The lowest BCUT2D eigenvalue weighted by Gasteiger charge is -2.39. The SMILES string of the molecule is CC(=O)N1CC[C@H]1C(=O)Nc1nc2ccc3cc(F)ccc3c2s1.CC(C)(C)OC(=O)N1CC[C@H]1C(=O)Nc1nc2ccc3cc(F)ccc3c2s1.CC(C)(C)OC(=O)N1CC[C@H]1C(=O)O.Nc1nc2ccc3cc(F)ccc3c2s1.O=C(Nc1nc2ccc3cc(F)ccc3c2s1)C1CCC1.S.S.S.S. The standard InChI is InChI=1S/C20H20FN3O3S.C17H14FN3O2S.C16H13FN2OS.C11H7FN2S.C9H15NO4.4H2S/c1-20(2,3)27-19(26)24-9-8-15(24)17(25)23-18-22-14-7-4-11-10-12(21)5-6-13(11)16(14)28-18;1-9(22)21-7-6-14(21)16(23)20-17-19-13-5-2-10-8-11(18)3-4-12(10)15(13)24-17;17-11-5-6-12-10(8-11)4-7-13-14(12)21-16(18-13)19-15(20)9-2-1-3-9;12-7-2-3-8-6(5-7)1-4-9-10(8)15-11(13)14-9;1-9(2,3)14-8(13)10-5-4-6(10)7(11)12;;;;/h4-7,10,15H,8-9H2,1-3H3,(H,22,23,25);2-5,8,14H,6-7H2,1H3,(H,19,20,23);4-9H,1-3H2,(H,18,19,20);1-5H,(H2,13,14);6H,4-5H2,1-3H3,(H,11,12);4*1H2/t15-;14-;;;6-;;;;/m00..0..../s1. The minimum Gasteiger partial charge on any atom is -0.480 e. The van der Waals surface area contributed by atoms with Gasteiger partial charge in [-0.3, -0.25) is 29.0 Å². The number of nitrogen functional groups attached to an aromatic ring is 1.